The van der Waals surface area contributed by atoms with Gasteiger partial charge in [-0.15, -0.1) is 0 Å². The monoisotopic (exact) mass is 473 g/mol. The van der Waals surface area contributed by atoms with Crippen LogP contribution in [0.4, 0.5) is 4.39 Å². The first-order valence-electron chi connectivity index (χ1n) is 11.2. The molecule has 0 radical (unpaired) electrons. The minimum Gasteiger partial charge on any atom is -0.455 e. The van der Waals surface area contributed by atoms with Gasteiger partial charge < -0.3 is 15.2 Å². The molecular formula is C26H24FN5O3. The number of amides is 1. The third kappa shape index (κ3) is 4.38. The Balaban J connectivity index is 1.61. The van der Waals surface area contributed by atoms with Gasteiger partial charge in [0.05, 0.1) is 25.1 Å². The van der Waals surface area contributed by atoms with Gasteiger partial charge in [-0.05, 0) is 47.9 Å². The first-order valence-corrected chi connectivity index (χ1v) is 11.2. The Hall–Kier alpha value is -4.11. The third-order valence-corrected chi connectivity index (χ3v) is 6.30. The molecule has 0 bridgehead atoms. The molecular weight excluding hydrogens is 449 g/mol. The van der Waals surface area contributed by atoms with Crippen molar-refractivity contribution in [3.63, 3.8) is 0 Å². The number of halogens is 1. The summed E-state index contributed by atoms with van der Waals surface area (Å²) in [7, 11) is 1.47. The largest absolute Gasteiger partial charge is 0.455 e. The van der Waals surface area contributed by atoms with Gasteiger partial charge in [-0.1, -0.05) is 12.1 Å². The molecule has 1 aromatic carbocycles. The van der Waals surface area contributed by atoms with Gasteiger partial charge in [0.25, 0.3) is 0 Å². The molecule has 0 saturated heterocycles. The molecule has 178 valence electrons. The molecule has 1 amide bonds. The van der Waals surface area contributed by atoms with E-state index in [1.165, 1.54) is 13.2 Å². The van der Waals surface area contributed by atoms with Crippen LogP contribution in [-0.2, 0) is 9.53 Å². The van der Waals surface area contributed by atoms with Crippen molar-refractivity contribution in [1.29, 1.82) is 5.41 Å². The summed E-state index contributed by atoms with van der Waals surface area (Å²) in [5.74, 6) is -0.559. The normalized spacial score (nSPS) is 16.4. The van der Waals surface area contributed by atoms with Gasteiger partial charge in [0.2, 0.25) is 11.9 Å². The van der Waals surface area contributed by atoms with Crippen LogP contribution in [0, 0.1) is 11.4 Å². The Bertz CT molecular complexity index is 1360. The smallest absolute Gasteiger partial charge is 0.229 e. The summed E-state index contributed by atoms with van der Waals surface area (Å²) in [6.45, 7) is 1.14. The lowest BCUT2D eigenvalue weighted by molar-refractivity contribution is -0.126. The number of carbonyl (C=O) groups excluding carboxylic acids is 1. The number of nitrogens with zero attached hydrogens (tertiary/aromatic N) is 3. The fraction of sp³-hybridized carbons (Fsp3) is 0.231. The van der Waals surface area contributed by atoms with Crippen LogP contribution in [0.2, 0.25) is 0 Å². The first kappa shape index (κ1) is 22.7. The van der Waals surface area contributed by atoms with E-state index >= 15 is 0 Å². The Morgan fingerprint density at radius 1 is 1.23 bits per heavy atom. The standard InChI is InChI=1S/C26H24FN5O3/c1-32(26(28)29)24(33)12-18-19-10-15(17-5-2-8-30-25(17)27)6-7-22(19)35-23-13-31-21(11-20(18)23)16-4-3-9-34-14-16/h2,4-8,10-11,13,18H,3,9,12,14H2,1H3,(H3,28,29). The van der Waals surface area contributed by atoms with Gasteiger partial charge in [0.15, 0.2) is 5.96 Å². The van der Waals surface area contributed by atoms with Crippen molar-refractivity contribution in [3.8, 4) is 22.6 Å². The number of fused-ring (bicyclic) bond motifs is 2. The van der Waals surface area contributed by atoms with E-state index in [0.717, 1.165) is 33.7 Å². The van der Waals surface area contributed by atoms with Crippen LogP contribution in [-0.4, -0.2) is 47.0 Å². The summed E-state index contributed by atoms with van der Waals surface area (Å²) >= 11 is 0. The van der Waals surface area contributed by atoms with Gasteiger partial charge in [-0.3, -0.25) is 20.1 Å². The minimum absolute atomic E-state index is 0.0391. The molecule has 0 aliphatic carbocycles. The maximum atomic E-state index is 14.4. The van der Waals surface area contributed by atoms with Crippen molar-refractivity contribution in [3.05, 3.63) is 77.6 Å². The molecule has 0 spiro atoms. The van der Waals surface area contributed by atoms with Crippen LogP contribution in [0.15, 0.2) is 54.9 Å². The van der Waals surface area contributed by atoms with Crippen LogP contribution in [0.3, 0.4) is 0 Å². The number of guanidine groups is 1. The molecule has 5 rings (SSSR count). The Morgan fingerprint density at radius 3 is 2.80 bits per heavy atom. The number of hydrogen-bond acceptors (Lipinski definition) is 6. The summed E-state index contributed by atoms with van der Waals surface area (Å²) in [5.41, 5.74) is 9.77. The van der Waals surface area contributed by atoms with E-state index < -0.39 is 11.9 Å². The van der Waals surface area contributed by atoms with Crippen LogP contribution in [0.1, 0.15) is 35.6 Å². The fourth-order valence-electron chi connectivity index (χ4n) is 4.36. The van der Waals surface area contributed by atoms with E-state index in [1.807, 2.05) is 12.1 Å². The predicted octanol–water partition coefficient (Wildman–Crippen LogP) is 4.07. The van der Waals surface area contributed by atoms with Crippen molar-refractivity contribution in [2.24, 2.45) is 5.73 Å². The van der Waals surface area contributed by atoms with Crippen LogP contribution >= 0.6 is 0 Å². The van der Waals surface area contributed by atoms with Gasteiger partial charge in [-0.25, -0.2) is 4.98 Å². The van der Waals surface area contributed by atoms with Gasteiger partial charge in [0.1, 0.15) is 11.5 Å². The van der Waals surface area contributed by atoms with E-state index in [-0.39, 0.29) is 18.3 Å². The molecule has 2 aliphatic rings. The van der Waals surface area contributed by atoms with E-state index in [9.17, 15) is 9.18 Å². The number of hydrogen-bond donors (Lipinski definition) is 2. The summed E-state index contributed by atoms with van der Waals surface area (Å²) in [6, 6.07) is 10.6. The fourth-order valence-corrected chi connectivity index (χ4v) is 4.36. The van der Waals surface area contributed by atoms with Crippen molar-refractivity contribution in [2.45, 2.75) is 18.8 Å². The average Bonchev–Trinajstić information content (AvgIpc) is 2.88. The number of carbonyl (C=O) groups is 1. The SMILES string of the molecule is CN(C(=N)N)C(=O)CC1c2cc(-c3cccnc3F)ccc2Oc2cnc(C3=CCCOC3)cc21. The number of aromatic nitrogens is 2. The first-order chi connectivity index (χ1) is 16.9. The van der Waals surface area contributed by atoms with Gasteiger partial charge in [0, 0.05) is 42.3 Å². The number of ether oxygens (including phenoxy) is 2. The molecule has 8 nitrogen and oxygen atoms in total. The van der Waals surface area contributed by atoms with Crippen molar-refractivity contribution in [1.82, 2.24) is 14.9 Å². The van der Waals surface area contributed by atoms with Crippen LogP contribution in [0.5, 0.6) is 11.5 Å². The lowest BCUT2D eigenvalue weighted by Crippen LogP contribution is -2.38. The van der Waals surface area contributed by atoms with Crippen molar-refractivity contribution in [2.75, 3.05) is 20.3 Å². The summed E-state index contributed by atoms with van der Waals surface area (Å²) in [5, 5.41) is 7.65. The topological polar surface area (TPSA) is 114 Å². The average molecular weight is 474 g/mol. The number of nitrogens with two attached hydrogens (primary N) is 1. The lowest BCUT2D eigenvalue weighted by Gasteiger charge is -2.30. The highest BCUT2D eigenvalue weighted by Crippen LogP contribution is 2.47. The lowest BCUT2D eigenvalue weighted by atomic mass is 9.83. The van der Waals surface area contributed by atoms with Gasteiger partial charge >= 0.3 is 0 Å². The highest BCUT2D eigenvalue weighted by Gasteiger charge is 2.32. The summed E-state index contributed by atoms with van der Waals surface area (Å²) < 4.78 is 26.2. The maximum Gasteiger partial charge on any atom is 0.229 e. The van der Waals surface area contributed by atoms with Crippen LogP contribution < -0.4 is 10.5 Å². The highest BCUT2D eigenvalue weighted by molar-refractivity contribution is 5.95. The molecule has 0 fully saturated rings. The number of nitrogens with one attached hydrogen (secondary N) is 1. The highest BCUT2D eigenvalue weighted by atomic mass is 19.1. The van der Waals surface area contributed by atoms with Gasteiger partial charge in [-0.2, -0.15) is 4.39 Å². The van der Waals surface area contributed by atoms with Crippen LogP contribution in [0.25, 0.3) is 16.7 Å². The molecule has 4 heterocycles. The van der Waals surface area contributed by atoms with E-state index in [4.69, 9.17) is 20.6 Å². The molecule has 2 aromatic heterocycles. The number of pyridine rings is 2. The van der Waals surface area contributed by atoms with Crippen molar-refractivity contribution >= 4 is 17.4 Å². The molecule has 0 saturated carbocycles. The minimum atomic E-state index is -0.579. The Labute approximate surface area is 201 Å². The van der Waals surface area contributed by atoms with Crippen molar-refractivity contribution < 1.29 is 18.7 Å². The molecule has 3 aromatic rings. The number of benzene rings is 1. The van der Waals surface area contributed by atoms with E-state index in [1.54, 1.807) is 30.5 Å². The summed E-state index contributed by atoms with van der Waals surface area (Å²) in [6.07, 6.45) is 6.00. The quantitative estimate of drug-likeness (QED) is 0.335. The Morgan fingerprint density at radius 2 is 2.06 bits per heavy atom. The predicted molar refractivity (Wildman–Crippen MR) is 128 cm³/mol. The van der Waals surface area contributed by atoms with E-state index in [0.29, 0.717) is 35.8 Å². The van der Waals surface area contributed by atoms with E-state index in [2.05, 4.69) is 16.0 Å². The zero-order chi connectivity index (χ0) is 24.5. The molecule has 9 heteroatoms. The second-order valence-electron chi connectivity index (χ2n) is 8.47. The molecule has 35 heavy (non-hydrogen) atoms. The zero-order valence-electron chi connectivity index (χ0n) is 19.1. The maximum absolute atomic E-state index is 14.4. The Kier molecular flexibility index (Phi) is 6.00. The zero-order valence-corrected chi connectivity index (χ0v) is 19.1. The molecule has 2 aliphatic heterocycles. The second kappa shape index (κ2) is 9.27. The summed E-state index contributed by atoms with van der Waals surface area (Å²) in [4.78, 5) is 22.4. The molecule has 3 N–H and O–H groups in total. The third-order valence-electron chi connectivity index (χ3n) is 6.30. The molecule has 1 unspecified atom stereocenters. The molecule has 1 atom stereocenters. The number of rotatable bonds is 4. The second-order valence-corrected chi connectivity index (χ2v) is 8.47.